The van der Waals surface area contributed by atoms with Crippen LogP contribution in [-0.2, 0) is 19.3 Å². The van der Waals surface area contributed by atoms with E-state index in [2.05, 4.69) is 30.8 Å². The number of carbonyl (C=O) groups excluding carboxylic acids is 1. The van der Waals surface area contributed by atoms with Gasteiger partial charge in [0.05, 0.1) is 18.9 Å². The van der Waals surface area contributed by atoms with E-state index >= 15 is 0 Å². The Labute approximate surface area is 193 Å². The molecule has 1 saturated heterocycles. The van der Waals surface area contributed by atoms with Crippen molar-refractivity contribution < 1.29 is 26.8 Å². The topological polar surface area (TPSA) is 157 Å². The Morgan fingerprint density at radius 1 is 1.12 bits per heavy atom. The highest BCUT2D eigenvalue weighted by Crippen LogP contribution is 2.27. The van der Waals surface area contributed by atoms with Crippen LogP contribution in [0, 0.1) is 0 Å². The molecule has 3 aromatic rings. The maximum atomic E-state index is 12.6. The molecule has 0 aliphatic carbocycles. The lowest BCUT2D eigenvalue weighted by molar-refractivity contribution is -0.0443. The lowest BCUT2D eigenvalue weighted by Crippen LogP contribution is -2.22. The lowest BCUT2D eigenvalue weighted by atomic mass is 10.2. The third kappa shape index (κ3) is 5.22. The molecule has 0 bridgehead atoms. The Balaban J connectivity index is 1.65. The molecule has 1 aliphatic heterocycles. The second-order valence-corrected chi connectivity index (χ2v) is 8.85. The molecule has 3 aromatic heterocycles. The maximum Gasteiger partial charge on any atom is 0.273 e. The van der Waals surface area contributed by atoms with Crippen LogP contribution in [-0.4, -0.2) is 60.9 Å². The van der Waals surface area contributed by atoms with Crippen LogP contribution in [0.2, 0.25) is 0 Å². The van der Waals surface area contributed by atoms with Crippen molar-refractivity contribution in [3.8, 4) is 0 Å². The van der Waals surface area contributed by atoms with Crippen molar-refractivity contribution in [2.45, 2.75) is 11.2 Å². The van der Waals surface area contributed by atoms with Crippen LogP contribution in [0.1, 0.15) is 26.5 Å². The SMILES string of the molecule is [2H]C([2H])([2H])NC(=O)c1nnc(Nc2ccc(C3OCCO3)cn2)cc1Nc1ncccc1S(C)(=O)=O. The van der Waals surface area contributed by atoms with Gasteiger partial charge in [0.25, 0.3) is 5.91 Å². The Morgan fingerprint density at radius 3 is 2.64 bits per heavy atom. The number of anilines is 4. The van der Waals surface area contributed by atoms with Crippen LogP contribution in [0.25, 0.3) is 0 Å². The molecular formula is C20H21N7O5S. The fourth-order valence-corrected chi connectivity index (χ4v) is 3.77. The number of ether oxygens (including phenoxy) is 2. The van der Waals surface area contributed by atoms with E-state index in [0.717, 1.165) is 11.8 Å². The van der Waals surface area contributed by atoms with E-state index in [9.17, 15) is 13.2 Å². The average Bonchev–Trinajstić information content (AvgIpc) is 3.33. The number of amides is 1. The minimum absolute atomic E-state index is 0.0396. The number of sulfone groups is 1. The van der Waals surface area contributed by atoms with Gasteiger partial charge in [-0.2, -0.15) is 0 Å². The summed E-state index contributed by atoms with van der Waals surface area (Å²) in [5, 5.41) is 15.3. The molecule has 0 atom stereocenters. The summed E-state index contributed by atoms with van der Waals surface area (Å²) < 4.78 is 57.1. The average molecular weight is 475 g/mol. The molecular weight excluding hydrogens is 450 g/mol. The highest BCUT2D eigenvalue weighted by Gasteiger charge is 2.20. The molecule has 0 aromatic carbocycles. The minimum atomic E-state index is -3.68. The van der Waals surface area contributed by atoms with Crippen LogP contribution < -0.4 is 16.0 Å². The van der Waals surface area contributed by atoms with Gasteiger partial charge in [-0.25, -0.2) is 18.4 Å². The molecule has 4 heterocycles. The zero-order valence-corrected chi connectivity index (χ0v) is 18.1. The zero-order valence-electron chi connectivity index (χ0n) is 20.3. The molecule has 0 saturated carbocycles. The number of carbonyl (C=O) groups is 1. The Kier molecular flexibility index (Phi) is 5.39. The maximum absolute atomic E-state index is 12.6. The second kappa shape index (κ2) is 9.44. The number of hydrogen-bond acceptors (Lipinski definition) is 11. The summed E-state index contributed by atoms with van der Waals surface area (Å²) in [5.41, 5.74) is 0.300. The number of nitrogens with one attached hydrogen (secondary N) is 3. The van der Waals surface area contributed by atoms with Crippen LogP contribution in [0.3, 0.4) is 0 Å². The number of aromatic nitrogens is 4. The monoisotopic (exact) mass is 474 g/mol. The zero-order chi connectivity index (χ0) is 25.9. The van der Waals surface area contributed by atoms with Crippen molar-refractivity contribution in [2.24, 2.45) is 0 Å². The number of nitrogens with zero attached hydrogens (tertiary/aromatic N) is 4. The first kappa shape index (κ1) is 18.8. The van der Waals surface area contributed by atoms with Gasteiger partial charge in [-0.1, -0.05) is 0 Å². The second-order valence-electron chi connectivity index (χ2n) is 6.87. The van der Waals surface area contributed by atoms with E-state index in [1.165, 1.54) is 24.4 Å². The molecule has 0 radical (unpaired) electrons. The summed E-state index contributed by atoms with van der Waals surface area (Å²) >= 11 is 0. The molecule has 1 amide bonds. The number of hydrogen-bond donors (Lipinski definition) is 3. The molecule has 172 valence electrons. The molecule has 13 heteroatoms. The van der Waals surface area contributed by atoms with E-state index in [4.69, 9.17) is 13.6 Å². The van der Waals surface area contributed by atoms with Crippen molar-refractivity contribution >= 4 is 38.9 Å². The van der Waals surface area contributed by atoms with Gasteiger partial charge in [0, 0.05) is 41.4 Å². The fraction of sp³-hybridized carbons (Fsp3) is 0.250. The van der Waals surface area contributed by atoms with Gasteiger partial charge in [-0.05, 0) is 24.3 Å². The van der Waals surface area contributed by atoms with Crippen LogP contribution in [0.5, 0.6) is 0 Å². The molecule has 0 unspecified atom stereocenters. The molecule has 1 aliphatic rings. The summed E-state index contributed by atoms with van der Waals surface area (Å²) in [4.78, 5) is 20.8. The van der Waals surface area contributed by atoms with Gasteiger partial charge >= 0.3 is 0 Å². The van der Waals surface area contributed by atoms with E-state index in [-0.39, 0.29) is 27.9 Å². The van der Waals surface area contributed by atoms with Gasteiger partial charge in [0.2, 0.25) is 0 Å². The first-order chi connectivity index (χ1) is 17.0. The summed E-state index contributed by atoms with van der Waals surface area (Å²) in [6.07, 6.45) is 3.44. The molecule has 1 fully saturated rings. The number of rotatable bonds is 7. The summed E-state index contributed by atoms with van der Waals surface area (Å²) in [6, 6.07) is 7.54. The highest BCUT2D eigenvalue weighted by atomic mass is 32.2. The van der Waals surface area contributed by atoms with Gasteiger partial charge in [-0.15, -0.1) is 10.2 Å². The summed E-state index contributed by atoms with van der Waals surface area (Å²) in [7, 11) is -3.68. The molecule has 0 spiro atoms. The first-order valence-electron chi connectivity index (χ1n) is 11.1. The van der Waals surface area contributed by atoms with E-state index in [0.29, 0.717) is 19.0 Å². The third-order valence-corrected chi connectivity index (χ3v) is 5.61. The van der Waals surface area contributed by atoms with E-state index < -0.39 is 29.0 Å². The van der Waals surface area contributed by atoms with Gasteiger partial charge < -0.3 is 25.4 Å². The Hall–Kier alpha value is -3.68. The van der Waals surface area contributed by atoms with Crippen molar-refractivity contribution in [1.82, 2.24) is 25.5 Å². The van der Waals surface area contributed by atoms with Crippen LogP contribution >= 0.6 is 0 Å². The summed E-state index contributed by atoms with van der Waals surface area (Å²) in [5.74, 6) is -0.618. The number of pyridine rings is 2. The fourth-order valence-electron chi connectivity index (χ4n) is 2.99. The predicted molar refractivity (Wildman–Crippen MR) is 118 cm³/mol. The highest BCUT2D eigenvalue weighted by molar-refractivity contribution is 7.90. The molecule has 4 rings (SSSR count). The van der Waals surface area contributed by atoms with Crippen molar-refractivity contribution in [1.29, 1.82) is 0 Å². The largest absolute Gasteiger partial charge is 0.354 e. The first-order valence-corrected chi connectivity index (χ1v) is 11.5. The van der Waals surface area contributed by atoms with Gasteiger partial charge in [-0.3, -0.25) is 4.79 Å². The van der Waals surface area contributed by atoms with Crippen molar-refractivity contribution in [2.75, 3.05) is 37.1 Å². The predicted octanol–water partition coefficient (Wildman–Crippen LogP) is 1.56. The molecule has 12 nitrogen and oxygen atoms in total. The molecule has 33 heavy (non-hydrogen) atoms. The van der Waals surface area contributed by atoms with Crippen molar-refractivity contribution in [3.63, 3.8) is 0 Å². The van der Waals surface area contributed by atoms with E-state index in [1.807, 2.05) is 5.32 Å². The van der Waals surface area contributed by atoms with E-state index in [1.54, 1.807) is 18.3 Å². The third-order valence-electron chi connectivity index (χ3n) is 4.48. The van der Waals surface area contributed by atoms with Gasteiger partial charge in [0.1, 0.15) is 16.5 Å². The quantitative estimate of drug-likeness (QED) is 0.456. The normalized spacial score (nSPS) is 15.8. The van der Waals surface area contributed by atoms with Gasteiger partial charge in [0.15, 0.2) is 27.6 Å². The lowest BCUT2D eigenvalue weighted by Gasteiger charge is -2.14. The van der Waals surface area contributed by atoms with Crippen molar-refractivity contribution in [3.05, 3.63) is 54.0 Å². The van der Waals surface area contributed by atoms with Crippen LogP contribution in [0.15, 0.2) is 47.6 Å². The van der Waals surface area contributed by atoms with Crippen LogP contribution in [0.4, 0.5) is 23.1 Å². The Morgan fingerprint density at radius 2 is 1.94 bits per heavy atom. The Bertz CT molecular complexity index is 1360. The molecule has 3 N–H and O–H groups in total. The smallest absolute Gasteiger partial charge is 0.273 e. The standard InChI is InChI=1S/C20H21N7O5S/c1-21-19(28)17-13(24-18-14(33(2,29)30)4-3-7-22-18)10-16(26-27-17)25-15-6-5-12(11-23-15)20-31-8-9-32-20/h3-7,10-11,20H,8-9H2,1-2H3,(H,21,28)(H2,22,23,24,25,26)/i1D3. The summed E-state index contributed by atoms with van der Waals surface area (Å²) in [6.45, 7) is -1.79. The minimum Gasteiger partial charge on any atom is -0.354 e.